The van der Waals surface area contributed by atoms with Gasteiger partial charge in [-0.05, 0) is 23.0 Å². The second-order valence-electron chi connectivity index (χ2n) is 2.62. The molecule has 0 aliphatic heterocycles. The molecule has 13 heavy (non-hydrogen) atoms. The van der Waals surface area contributed by atoms with Crippen LogP contribution in [0.1, 0.15) is 24.0 Å². The van der Waals surface area contributed by atoms with Gasteiger partial charge in [-0.1, -0.05) is 19.9 Å². The van der Waals surface area contributed by atoms with Crippen LogP contribution in [0.5, 0.6) is 0 Å². The van der Waals surface area contributed by atoms with Crippen molar-refractivity contribution >= 4 is 34.9 Å². The normalized spacial score (nSPS) is 13.1. The van der Waals surface area contributed by atoms with Gasteiger partial charge in [-0.15, -0.1) is 11.3 Å². The number of thiophene rings is 1. The Labute approximate surface area is 93.5 Å². The van der Waals surface area contributed by atoms with E-state index in [1.165, 1.54) is 22.1 Å². The molecule has 0 aliphatic rings. The molecular weight excluding hydrogens is 216 g/mol. The maximum Gasteiger partial charge on any atom is 0.0481 e. The summed E-state index contributed by atoms with van der Waals surface area (Å²) in [6, 6.07) is 4.41. The van der Waals surface area contributed by atoms with Crippen LogP contribution in [0.4, 0.5) is 0 Å². The van der Waals surface area contributed by atoms with Gasteiger partial charge in [0.1, 0.15) is 0 Å². The maximum absolute atomic E-state index is 2.26. The summed E-state index contributed by atoms with van der Waals surface area (Å²) in [5.41, 5.74) is 0. The quantitative estimate of drug-likeness (QED) is 0.717. The largest absolute Gasteiger partial charge is 0.161 e. The molecule has 0 nitrogen and oxygen atoms in total. The standard InChI is InChI=1S/C10H16S3/c1-3-11-8-10(12-4-2)9-6-5-7-13-9/h5-7,10H,3-4,8H2,1-2H3. The van der Waals surface area contributed by atoms with E-state index in [1.807, 2.05) is 23.1 Å². The molecule has 0 fully saturated rings. The first kappa shape index (κ1) is 11.5. The third-order valence-corrected chi connectivity index (χ3v) is 5.18. The molecular formula is C10H16S3. The van der Waals surface area contributed by atoms with Gasteiger partial charge in [-0.25, -0.2) is 0 Å². The summed E-state index contributed by atoms with van der Waals surface area (Å²) in [5, 5.41) is 2.89. The van der Waals surface area contributed by atoms with Gasteiger partial charge in [-0.2, -0.15) is 23.5 Å². The zero-order valence-electron chi connectivity index (χ0n) is 8.16. The predicted octanol–water partition coefficient (Wildman–Crippen LogP) is 4.30. The lowest BCUT2D eigenvalue weighted by Gasteiger charge is -2.12. The molecule has 1 unspecified atom stereocenters. The van der Waals surface area contributed by atoms with Gasteiger partial charge >= 0.3 is 0 Å². The van der Waals surface area contributed by atoms with Crippen molar-refractivity contribution in [3.05, 3.63) is 22.4 Å². The van der Waals surface area contributed by atoms with E-state index in [0.717, 1.165) is 5.25 Å². The lowest BCUT2D eigenvalue weighted by molar-refractivity contribution is 1.15. The highest BCUT2D eigenvalue weighted by molar-refractivity contribution is 8.03. The molecule has 0 saturated heterocycles. The van der Waals surface area contributed by atoms with E-state index in [4.69, 9.17) is 0 Å². The zero-order chi connectivity index (χ0) is 9.52. The molecule has 0 saturated carbocycles. The highest BCUT2D eigenvalue weighted by atomic mass is 32.2. The van der Waals surface area contributed by atoms with Crippen molar-refractivity contribution in [3.8, 4) is 0 Å². The van der Waals surface area contributed by atoms with Crippen molar-refractivity contribution < 1.29 is 0 Å². The maximum atomic E-state index is 2.26. The van der Waals surface area contributed by atoms with Crippen LogP contribution in [0, 0.1) is 0 Å². The Bertz CT molecular complexity index is 206. The van der Waals surface area contributed by atoms with Crippen LogP contribution in [0.15, 0.2) is 17.5 Å². The van der Waals surface area contributed by atoms with Crippen LogP contribution in [-0.4, -0.2) is 17.3 Å². The zero-order valence-corrected chi connectivity index (χ0v) is 10.6. The van der Waals surface area contributed by atoms with Crippen molar-refractivity contribution in [2.75, 3.05) is 17.3 Å². The molecule has 0 radical (unpaired) electrons. The van der Waals surface area contributed by atoms with Gasteiger partial charge < -0.3 is 0 Å². The number of hydrogen-bond acceptors (Lipinski definition) is 3. The summed E-state index contributed by atoms with van der Waals surface area (Å²) in [6.45, 7) is 4.47. The molecule has 0 spiro atoms. The number of hydrogen-bond donors (Lipinski definition) is 0. The molecule has 0 amide bonds. The van der Waals surface area contributed by atoms with Gasteiger partial charge in [0.25, 0.3) is 0 Å². The van der Waals surface area contributed by atoms with Crippen LogP contribution < -0.4 is 0 Å². The summed E-state index contributed by atoms with van der Waals surface area (Å²) in [5.74, 6) is 3.70. The average molecular weight is 232 g/mol. The Hall–Kier alpha value is 0.400. The molecule has 1 atom stereocenters. The fourth-order valence-corrected chi connectivity index (χ4v) is 4.24. The SMILES string of the molecule is CCSCC(SCC)c1cccs1. The van der Waals surface area contributed by atoms with Gasteiger partial charge in [0.15, 0.2) is 0 Å². The molecule has 0 N–H and O–H groups in total. The molecule has 1 heterocycles. The van der Waals surface area contributed by atoms with Crippen LogP contribution in [0.3, 0.4) is 0 Å². The van der Waals surface area contributed by atoms with E-state index in [2.05, 4.69) is 43.1 Å². The summed E-state index contributed by atoms with van der Waals surface area (Å²) in [7, 11) is 0. The van der Waals surface area contributed by atoms with Crippen molar-refractivity contribution in [2.24, 2.45) is 0 Å². The highest BCUT2D eigenvalue weighted by Crippen LogP contribution is 2.34. The van der Waals surface area contributed by atoms with E-state index >= 15 is 0 Å². The van der Waals surface area contributed by atoms with Crippen molar-refractivity contribution in [1.82, 2.24) is 0 Å². The second kappa shape index (κ2) is 6.80. The van der Waals surface area contributed by atoms with Crippen molar-refractivity contribution in [3.63, 3.8) is 0 Å². The summed E-state index contributed by atoms with van der Waals surface area (Å²) >= 11 is 5.99. The van der Waals surface area contributed by atoms with Crippen LogP contribution >= 0.6 is 34.9 Å². The van der Waals surface area contributed by atoms with E-state index in [1.54, 1.807) is 0 Å². The van der Waals surface area contributed by atoms with Crippen LogP contribution in [0.2, 0.25) is 0 Å². The Morgan fingerprint density at radius 1 is 1.38 bits per heavy atom. The van der Waals surface area contributed by atoms with E-state index in [9.17, 15) is 0 Å². The monoisotopic (exact) mass is 232 g/mol. The third kappa shape index (κ3) is 3.96. The number of rotatable bonds is 6. The molecule has 74 valence electrons. The minimum Gasteiger partial charge on any atom is -0.161 e. The second-order valence-corrected chi connectivity index (χ2v) is 6.40. The molecule has 1 rings (SSSR count). The molecule has 3 heteroatoms. The smallest absolute Gasteiger partial charge is 0.0481 e. The van der Waals surface area contributed by atoms with E-state index in [0.29, 0.717) is 0 Å². The lowest BCUT2D eigenvalue weighted by atomic mass is 10.4. The first-order valence-electron chi connectivity index (χ1n) is 4.61. The fourth-order valence-electron chi connectivity index (χ4n) is 1.11. The fraction of sp³-hybridized carbons (Fsp3) is 0.600. The Morgan fingerprint density at radius 3 is 2.77 bits per heavy atom. The van der Waals surface area contributed by atoms with Gasteiger partial charge in [-0.3, -0.25) is 0 Å². The van der Waals surface area contributed by atoms with Gasteiger partial charge in [0.05, 0.1) is 0 Å². The molecule has 0 aliphatic carbocycles. The van der Waals surface area contributed by atoms with Gasteiger partial charge in [0.2, 0.25) is 0 Å². The first-order valence-corrected chi connectivity index (χ1v) is 7.69. The lowest BCUT2D eigenvalue weighted by Crippen LogP contribution is -1.95. The Kier molecular flexibility index (Phi) is 6.00. The van der Waals surface area contributed by atoms with E-state index in [-0.39, 0.29) is 0 Å². The molecule has 0 bridgehead atoms. The van der Waals surface area contributed by atoms with Crippen LogP contribution in [0.25, 0.3) is 0 Å². The van der Waals surface area contributed by atoms with Crippen molar-refractivity contribution in [2.45, 2.75) is 19.1 Å². The first-order chi connectivity index (χ1) is 6.38. The molecule has 1 aromatic heterocycles. The molecule has 1 aromatic rings. The predicted molar refractivity (Wildman–Crippen MR) is 68.2 cm³/mol. The summed E-state index contributed by atoms with van der Waals surface area (Å²) in [6.07, 6.45) is 0. The minimum absolute atomic E-state index is 0.718. The average Bonchev–Trinajstić information content (AvgIpc) is 2.65. The van der Waals surface area contributed by atoms with E-state index < -0.39 is 0 Å². The van der Waals surface area contributed by atoms with Crippen LogP contribution in [-0.2, 0) is 0 Å². The third-order valence-electron chi connectivity index (χ3n) is 1.70. The van der Waals surface area contributed by atoms with Crippen molar-refractivity contribution in [1.29, 1.82) is 0 Å². The topological polar surface area (TPSA) is 0 Å². The summed E-state index contributed by atoms with van der Waals surface area (Å²) in [4.78, 5) is 1.54. The minimum atomic E-state index is 0.718. The number of thioether (sulfide) groups is 2. The summed E-state index contributed by atoms with van der Waals surface area (Å²) < 4.78 is 0. The van der Waals surface area contributed by atoms with Gasteiger partial charge in [0, 0.05) is 15.9 Å². The molecule has 0 aromatic carbocycles. The highest BCUT2D eigenvalue weighted by Gasteiger charge is 2.11. The Balaban J connectivity index is 2.47. The Morgan fingerprint density at radius 2 is 2.23 bits per heavy atom.